The van der Waals surface area contributed by atoms with Gasteiger partial charge in [-0.15, -0.1) is 0 Å². The average molecular weight is 315 g/mol. The van der Waals surface area contributed by atoms with E-state index in [0.717, 1.165) is 12.8 Å². The van der Waals surface area contributed by atoms with Crippen LogP contribution in [0.1, 0.15) is 36.9 Å². The zero-order chi connectivity index (χ0) is 15.0. The molecule has 2 fully saturated rings. The van der Waals surface area contributed by atoms with Gasteiger partial charge in [-0.2, -0.15) is 4.98 Å². The molecule has 9 heteroatoms. The van der Waals surface area contributed by atoms with Crippen LogP contribution in [0.3, 0.4) is 0 Å². The molecule has 2 heterocycles. The lowest BCUT2D eigenvalue weighted by Gasteiger charge is -2.24. The van der Waals surface area contributed by atoms with E-state index in [1.165, 1.54) is 0 Å². The second-order valence-electron chi connectivity index (χ2n) is 5.68. The molecule has 21 heavy (non-hydrogen) atoms. The van der Waals surface area contributed by atoms with Gasteiger partial charge in [-0.1, -0.05) is 5.16 Å². The van der Waals surface area contributed by atoms with Crippen molar-refractivity contribution in [1.29, 1.82) is 0 Å². The fraction of sp³-hybridized carbons (Fsp3) is 0.750. The van der Waals surface area contributed by atoms with Crippen molar-refractivity contribution in [3.05, 3.63) is 11.7 Å². The fourth-order valence-electron chi connectivity index (χ4n) is 2.56. The van der Waals surface area contributed by atoms with Gasteiger partial charge in [-0.25, -0.2) is 8.42 Å². The third-order valence-electron chi connectivity index (χ3n) is 3.82. The molecule has 1 aromatic heterocycles. The highest BCUT2D eigenvalue weighted by Gasteiger charge is 2.34. The van der Waals surface area contributed by atoms with E-state index in [2.05, 4.69) is 10.1 Å². The molecule has 0 radical (unpaired) electrons. The van der Waals surface area contributed by atoms with E-state index in [4.69, 9.17) is 9.63 Å². The molecule has 1 aliphatic heterocycles. The van der Waals surface area contributed by atoms with Crippen molar-refractivity contribution in [3.63, 3.8) is 0 Å². The Kier molecular flexibility index (Phi) is 3.70. The summed E-state index contributed by atoms with van der Waals surface area (Å²) in [6.07, 6.45) is 2.53. The van der Waals surface area contributed by atoms with Crippen LogP contribution in [0.15, 0.2) is 4.52 Å². The molecule has 8 nitrogen and oxygen atoms in total. The van der Waals surface area contributed by atoms with E-state index >= 15 is 0 Å². The number of rotatable bonds is 6. The molecular formula is C12H17N3O5S. The number of aliphatic carboxylic acids is 1. The minimum Gasteiger partial charge on any atom is -0.480 e. The van der Waals surface area contributed by atoms with Crippen molar-refractivity contribution in [3.8, 4) is 0 Å². The van der Waals surface area contributed by atoms with Gasteiger partial charge in [0, 0.05) is 12.0 Å². The van der Waals surface area contributed by atoms with E-state index < -0.39 is 15.8 Å². The number of hydrogen-bond donors (Lipinski definition) is 1. The number of carboxylic acids is 1. The molecule has 1 saturated heterocycles. The van der Waals surface area contributed by atoms with Gasteiger partial charge in [-0.05, 0) is 19.3 Å². The van der Waals surface area contributed by atoms with Crippen LogP contribution >= 0.6 is 0 Å². The van der Waals surface area contributed by atoms with Crippen LogP contribution in [0.25, 0.3) is 0 Å². The van der Waals surface area contributed by atoms with Gasteiger partial charge in [0.1, 0.15) is 0 Å². The lowest BCUT2D eigenvalue weighted by Crippen LogP contribution is -2.39. The highest BCUT2D eigenvalue weighted by Crippen LogP contribution is 2.38. The Hall–Kier alpha value is -1.48. The summed E-state index contributed by atoms with van der Waals surface area (Å²) in [5, 5.41) is 12.9. The number of hydrogen-bond acceptors (Lipinski definition) is 7. The summed E-state index contributed by atoms with van der Waals surface area (Å²) in [4.78, 5) is 16.9. The van der Waals surface area contributed by atoms with E-state index in [1.807, 2.05) is 0 Å². The molecule has 1 aromatic rings. The van der Waals surface area contributed by atoms with Gasteiger partial charge in [0.05, 0.1) is 24.6 Å². The van der Waals surface area contributed by atoms with Crippen molar-refractivity contribution in [2.45, 2.75) is 37.8 Å². The quantitative estimate of drug-likeness (QED) is 0.781. The van der Waals surface area contributed by atoms with Crippen LogP contribution in [-0.4, -0.2) is 58.6 Å². The number of nitrogens with zero attached hydrogens (tertiary/aromatic N) is 3. The maximum atomic E-state index is 11.6. The first-order valence-electron chi connectivity index (χ1n) is 6.92. The fourth-order valence-corrected chi connectivity index (χ4v) is 4.32. The smallest absolute Gasteiger partial charge is 0.317 e. The van der Waals surface area contributed by atoms with Crippen LogP contribution in [0.2, 0.25) is 0 Å². The van der Waals surface area contributed by atoms with Crippen molar-refractivity contribution in [2.24, 2.45) is 0 Å². The largest absolute Gasteiger partial charge is 0.480 e. The minimum atomic E-state index is -3.07. The highest BCUT2D eigenvalue weighted by molar-refractivity contribution is 7.91. The molecule has 0 spiro atoms. The monoisotopic (exact) mass is 315 g/mol. The molecule has 1 unspecified atom stereocenters. The molecular weight excluding hydrogens is 298 g/mol. The third-order valence-corrected chi connectivity index (χ3v) is 5.57. The van der Waals surface area contributed by atoms with Crippen molar-refractivity contribution < 1.29 is 22.8 Å². The van der Waals surface area contributed by atoms with Crippen LogP contribution in [-0.2, 0) is 21.2 Å². The summed E-state index contributed by atoms with van der Waals surface area (Å²) in [5.74, 6) is 0.457. The van der Waals surface area contributed by atoms with Crippen molar-refractivity contribution >= 4 is 15.8 Å². The Morgan fingerprint density at radius 3 is 2.71 bits per heavy atom. The Morgan fingerprint density at radius 1 is 1.38 bits per heavy atom. The van der Waals surface area contributed by atoms with Crippen LogP contribution in [0, 0.1) is 0 Å². The first-order chi connectivity index (χ1) is 9.93. The first-order valence-corrected chi connectivity index (χ1v) is 8.74. The zero-order valence-corrected chi connectivity index (χ0v) is 12.3. The Balaban J connectivity index is 1.70. The predicted octanol–water partition coefficient (Wildman–Crippen LogP) is 0.0207. The highest BCUT2D eigenvalue weighted by atomic mass is 32.2. The van der Waals surface area contributed by atoms with Crippen molar-refractivity contribution in [1.82, 2.24) is 15.0 Å². The number of sulfone groups is 1. The van der Waals surface area contributed by atoms with E-state index in [-0.39, 0.29) is 30.6 Å². The summed E-state index contributed by atoms with van der Waals surface area (Å²) < 4.78 is 28.3. The predicted molar refractivity (Wildman–Crippen MR) is 71.4 cm³/mol. The minimum absolute atomic E-state index is 0.00634. The Morgan fingerprint density at radius 2 is 2.14 bits per heavy atom. The molecule has 116 valence electrons. The standard InChI is InChI=1S/C12H17N3O5S/c16-11(17)6-15(9-3-4-21(18,19)7-9)5-10-13-12(20-14-10)8-1-2-8/h8-9H,1-7H2,(H,16,17). The van der Waals surface area contributed by atoms with Crippen molar-refractivity contribution in [2.75, 3.05) is 18.1 Å². The molecule has 0 bridgehead atoms. The Labute approximate surface area is 122 Å². The van der Waals surface area contributed by atoms with E-state index in [9.17, 15) is 13.2 Å². The Bertz CT molecular complexity index is 637. The van der Waals surface area contributed by atoms with Gasteiger partial charge in [0.15, 0.2) is 15.7 Å². The summed E-state index contributed by atoms with van der Waals surface area (Å²) in [6, 6.07) is -0.297. The lowest BCUT2D eigenvalue weighted by atomic mass is 10.2. The second kappa shape index (κ2) is 5.38. The molecule has 1 atom stereocenters. The van der Waals surface area contributed by atoms with Gasteiger partial charge >= 0.3 is 5.97 Å². The van der Waals surface area contributed by atoms with Gasteiger partial charge in [-0.3, -0.25) is 9.69 Å². The van der Waals surface area contributed by atoms with Crippen LogP contribution in [0.5, 0.6) is 0 Å². The summed E-state index contributed by atoms with van der Waals surface area (Å²) in [5.41, 5.74) is 0. The average Bonchev–Trinajstić information content (AvgIpc) is 3.03. The lowest BCUT2D eigenvalue weighted by molar-refractivity contribution is -0.139. The zero-order valence-electron chi connectivity index (χ0n) is 11.4. The number of carbonyl (C=O) groups is 1. The second-order valence-corrected chi connectivity index (χ2v) is 7.91. The molecule has 0 aromatic carbocycles. The summed E-state index contributed by atoms with van der Waals surface area (Å²) in [6.45, 7) is -0.0316. The SMILES string of the molecule is O=C(O)CN(Cc1noc(C2CC2)n1)C1CCS(=O)(=O)C1. The molecule has 1 aliphatic carbocycles. The number of aromatic nitrogens is 2. The maximum absolute atomic E-state index is 11.6. The van der Waals surface area contributed by atoms with Gasteiger partial charge in [0.2, 0.25) is 5.89 Å². The topological polar surface area (TPSA) is 114 Å². The van der Waals surface area contributed by atoms with E-state index in [0.29, 0.717) is 24.1 Å². The normalized spacial score (nSPS) is 24.5. The molecule has 1 saturated carbocycles. The molecule has 0 amide bonds. The van der Waals surface area contributed by atoms with Gasteiger partial charge < -0.3 is 9.63 Å². The first kappa shape index (κ1) is 14.5. The van der Waals surface area contributed by atoms with Crippen LogP contribution in [0.4, 0.5) is 0 Å². The molecule has 2 aliphatic rings. The molecule has 1 N–H and O–H groups in total. The maximum Gasteiger partial charge on any atom is 0.317 e. The number of carboxylic acid groups (broad SMARTS) is 1. The molecule has 3 rings (SSSR count). The third kappa shape index (κ3) is 3.59. The van der Waals surface area contributed by atoms with E-state index in [1.54, 1.807) is 4.90 Å². The summed E-state index contributed by atoms with van der Waals surface area (Å²) >= 11 is 0. The summed E-state index contributed by atoms with van der Waals surface area (Å²) in [7, 11) is -3.07. The van der Waals surface area contributed by atoms with Gasteiger partial charge in [0.25, 0.3) is 0 Å². The van der Waals surface area contributed by atoms with Crippen LogP contribution < -0.4 is 0 Å².